The fraction of sp³-hybridized carbons (Fsp3) is 1.00. The van der Waals surface area contributed by atoms with E-state index in [9.17, 15) is 0 Å². The van der Waals surface area contributed by atoms with Crippen LogP contribution in [0.15, 0.2) is 0 Å². The van der Waals surface area contributed by atoms with Crippen molar-refractivity contribution in [1.82, 2.24) is 0 Å². The number of rotatable bonds is 3. The summed E-state index contributed by atoms with van der Waals surface area (Å²) in [6, 6.07) is 0. The molecule has 8 unspecified atom stereocenters. The summed E-state index contributed by atoms with van der Waals surface area (Å²) >= 11 is 0. The van der Waals surface area contributed by atoms with Crippen LogP contribution < -0.4 is 0 Å². The van der Waals surface area contributed by atoms with Crippen LogP contribution in [0.25, 0.3) is 0 Å². The molecule has 0 N–H and O–H groups in total. The molecule has 4 aliphatic carbocycles. The molecule has 2 heterocycles. The van der Waals surface area contributed by atoms with Gasteiger partial charge in [0, 0.05) is 25.0 Å². The maximum absolute atomic E-state index is 6.69. The highest BCUT2D eigenvalue weighted by molar-refractivity contribution is 4.94. The fourth-order valence-corrected chi connectivity index (χ4v) is 9.16. The highest BCUT2D eigenvalue weighted by atomic mass is 16.7. The summed E-state index contributed by atoms with van der Waals surface area (Å²) in [6.07, 6.45) is 20.3. The molecule has 6 rings (SSSR count). The SMILES string of the molecule is C1CCOC(C2CC3CCCC(C3)C2C2CCOC(C3CC4CCCC(C4)C3)OC2)OCC1. The standard InChI is InChI=1S/C29H48O4/c1-2-11-30-29(31-12-3-1)26-18-22-8-5-9-23(15-22)27(26)24-10-13-32-28(33-19-24)25-16-20-6-4-7-21(14-20)17-25/h20-29H,1-19H2. The van der Waals surface area contributed by atoms with Crippen LogP contribution >= 0.6 is 0 Å². The van der Waals surface area contributed by atoms with Gasteiger partial charge in [0.05, 0.1) is 13.2 Å². The van der Waals surface area contributed by atoms with Gasteiger partial charge in [0.25, 0.3) is 0 Å². The van der Waals surface area contributed by atoms with Crippen molar-refractivity contribution in [2.24, 2.45) is 47.3 Å². The Hall–Kier alpha value is -0.160. The number of fused-ring (bicyclic) bond motifs is 4. The van der Waals surface area contributed by atoms with Crippen LogP contribution in [0.4, 0.5) is 0 Å². The summed E-state index contributed by atoms with van der Waals surface area (Å²) in [5.41, 5.74) is 0. The molecule has 188 valence electrons. The predicted molar refractivity (Wildman–Crippen MR) is 129 cm³/mol. The van der Waals surface area contributed by atoms with Crippen LogP contribution in [0.5, 0.6) is 0 Å². The zero-order valence-electron chi connectivity index (χ0n) is 20.8. The second kappa shape index (κ2) is 10.8. The van der Waals surface area contributed by atoms with Crippen molar-refractivity contribution in [3.05, 3.63) is 0 Å². The van der Waals surface area contributed by atoms with Crippen molar-refractivity contribution in [2.45, 2.75) is 109 Å². The molecule has 0 spiro atoms. The van der Waals surface area contributed by atoms with Gasteiger partial charge in [0.1, 0.15) is 0 Å². The fourth-order valence-electron chi connectivity index (χ4n) is 9.16. The van der Waals surface area contributed by atoms with Crippen molar-refractivity contribution >= 4 is 0 Å². The highest BCUT2D eigenvalue weighted by Crippen LogP contribution is 2.52. The van der Waals surface area contributed by atoms with E-state index in [0.717, 1.165) is 56.5 Å². The minimum Gasteiger partial charge on any atom is -0.352 e. The van der Waals surface area contributed by atoms with Gasteiger partial charge < -0.3 is 18.9 Å². The second-order valence-corrected chi connectivity index (χ2v) is 12.7. The summed E-state index contributed by atoms with van der Waals surface area (Å²) in [7, 11) is 0. The van der Waals surface area contributed by atoms with E-state index < -0.39 is 0 Å². The Morgan fingerprint density at radius 1 is 0.424 bits per heavy atom. The van der Waals surface area contributed by atoms with Gasteiger partial charge in [0.2, 0.25) is 0 Å². The largest absolute Gasteiger partial charge is 0.352 e. The molecule has 2 aliphatic heterocycles. The van der Waals surface area contributed by atoms with Crippen LogP contribution in [0.1, 0.15) is 96.3 Å². The normalized spacial score (nSPS) is 47.8. The van der Waals surface area contributed by atoms with Crippen molar-refractivity contribution in [3.8, 4) is 0 Å². The third-order valence-corrected chi connectivity index (χ3v) is 10.5. The minimum atomic E-state index is 0.0105. The molecule has 4 heteroatoms. The molecule has 4 saturated carbocycles. The predicted octanol–water partition coefficient (Wildman–Crippen LogP) is 6.57. The van der Waals surface area contributed by atoms with Gasteiger partial charge in [-0.2, -0.15) is 0 Å². The molecule has 4 nitrogen and oxygen atoms in total. The summed E-state index contributed by atoms with van der Waals surface area (Å²) in [6.45, 7) is 3.53. The van der Waals surface area contributed by atoms with Gasteiger partial charge in [-0.05, 0) is 93.3 Å². The molecule has 0 aromatic rings. The van der Waals surface area contributed by atoms with E-state index in [0.29, 0.717) is 23.7 Å². The molecule has 6 aliphatic rings. The number of hydrogen-bond donors (Lipinski definition) is 0. The number of hydrogen-bond acceptors (Lipinski definition) is 4. The molecule has 0 aromatic heterocycles. The van der Waals surface area contributed by atoms with E-state index >= 15 is 0 Å². The Labute approximate surface area is 201 Å². The zero-order valence-corrected chi connectivity index (χ0v) is 20.8. The first kappa shape index (κ1) is 23.3. The van der Waals surface area contributed by atoms with Crippen molar-refractivity contribution in [2.75, 3.05) is 26.4 Å². The molecule has 6 fully saturated rings. The lowest BCUT2D eigenvalue weighted by molar-refractivity contribution is -0.216. The molecular formula is C29H48O4. The summed E-state index contributed by atoms with van der Waals surface area (Å²) in [4.78, 5) is 0. The van der Waals surface area contributed by atoms with Gasteiger partial charge in [-0.15, -0.1) is 0 Å². The van der Waals surface area contributed by atoms with Gasteiger partial charge in [-0.25, -0.2) is 0 Å². The first-order valence-electron chi connectivity index (χ1n) is 14.8. The van der Waals surface area contributed by atoms with Crippen molar-refractivity contribution in [3.63, 3.8) is 0 Å². The first-order chi connectivity index (χ1) is 16.3. The quantitative estimate of drug-likeness (QED) is 0.477. The van der Waals surface area contributed by atoms with Crippen LogP contribution in [0.2, 0.25) is 0 Å². The third kappa shape index (κ3) is 5.34. The maximum atomic E-state index is 6.69. The van der Waals surface area contributed by atoms with E-state index in [1.807, 2.05) is 0 Å². The van der Waals surface area contributed by atoms with Crippen LogP contribution in [0, 0.1) is 47.3 Å². The third-order valence-electron chi connectivity index (χ3n) is 10.5. The van der Waals surface area contributed by atoms with Crippen molar-refractivity contribution < 1.29 is 18.9 Å². The van der Waals surface area contributed by atoms with Gasteiger partial charge in [-0.1, -0.05) is 38.5 Å². The molecule has 2 saturated heterocycles. The smallest absolute Gasteiger partial charge is 0.160 e. The maximum Gasteiger partial charge on any atom is 0.160 e. The van der Waals surface area contributed by atoms with Crippen LogP contribution in [-0.4, -0.2) is 39.0 Å². The highest BCUT2D eigenvalue weighted by Gasteiger charge is 2.48. The Kier molecular flexibility index (Phi) is 7.64. The van der Waals surface area contributed by atoms with Gasteiger partial charge in [-0.3, -0.25) is 0 Å². The van der Waals surface area contributed by atoms with Crippen LogP contribution in [0.3, 0.4) is 0 Å². The Balaban J connectivity index is 1.14. The van der Waals surface area contributed by atoms with E-state index in [1.165, 1.54) is 89.9 Å². The molecule has 33 heavy (non-hydrogen) atoms. The lowest BCUT2D eigenvalue weighted by atomic mass is 9.58. The van der Waals surface area contributed by atoms with E-state index in [4.69, 9.17) is 18.9 Å². The van der Waals surface area contributed by atoms with E-state index in [-0.39, 0.29) is 12.6 Å². The molecule has 8 atom stereocenters. The van der Waals surface area contributed by atoms with Crippen molar-refractivity contribution in [1.29, 1.82) is 0 Å². The molecule has 4 bridgehead atoms. The lowest BCUT2D eigenvalue weighted by Gasteiger charge is -2.50. The topological polar surface area (TPSA) is 36.9 Å². The summed E-state index contributed by atoms with van der Waals surface area (Å²) in [5, 5.41) is 0. The van der Waals surface area contributed by atoms with Gasteiger partial charge >= 0.3 is 0 Å². The molecular weight excluding hydrogens is 412 g/mol. The van der Waals surface area contributed by atoms with E-state index in [1.54, 1.807) is 0 Å². The minimum absolute atomic E-state index is 0.0105. The molecule has 0 radical (unpaired) electrons. The van der Waals surface area contributed by atoms with E-state index in [2.05, 4.69) is 0 Å². The monoisotopic (exact) mass is 460 g/mol. The summed E-state index contributed by atoms with van der Waals surface area (Å²) in [5.74, 6) is 6.05. The number of ether oxygens (including phenoxy) is 4. The Morgan fingerprint density at radius 2 is 1.09 bits per heavy atom. The van der Waals surface area contributed by atoms with Crippen LogP contribution in [-0.2, 0) is 18.9 Å². The Morgan fingerprint density at radius 3 is 1.88 bits per heavy atom. The zero-order chi connectivity index (χ0) is 22.0. The second-order valence-electron chi connectivity index (χ2n) is 12.7. The average Bonchev–Trinajstić information content (AvgIpc) is 3.05. The molecule has 0 amide bonds. The lowest BCUT2D eigenvalue weighted by Crippen LogP contribution is -2.47. The molecule has 0 aromatic carbocycles. The Bertz CT molecular complexity index is 605. The average molecular weight is 461 g/mol. The first-order valence-corrected chi connectivity index (χ1v) is 14.8. The van der Waals surface area contributed by atoms with Gasteiger partial charge in [0.15, 0.2) is 12.6 Å². The summed E-state index contributed by atoms with van der Waals surface area (Å²) < 4.78 is 26.0.